The molecule has 0 fully saturated rings. The molecule has 0 aliphatic carbocycles. The largest absolute Gasteiger partial charge is 0.324 e. The summed E-state index contributed by atoms with van der Waals surface area (Å²) in [5.74, 6) is 0.477. The Morgan fingerprint density at radius 2 is 1.80 bits per heavy atom. The number of rotatable bonds is 4. The summed E-state index contributed by atoms with van der Waals surface area (Å²) in [6.07, 6.45) is 0. The number of amides is 1. The third-order valence-electron chi connectivity index (χ3n) is 4.86. The van der Waals surface area contributed by atoms with Crippen LogP contribution in [0.1, 0.15) is 16.8 Å². The number of nitrogens with one attached hydrogen (secondary N) is 1. The minimum Gasteiger partial charge on any atom is -0.324 e. The van der Waals surface area contributed by atoms with E-state index in [0.29, 0.717) is 22.3 Å². The molecule has 2 aromatic carbocycles. The van der Waals surface area contributed by atoms with E-state index in [1.54, 1.807) is 35.8 Å². The second-order valence-electron chi connectivity index (χ2n) is 7.23. The molecule has 0 aliphatic heterocycles. The summed E-state index contributed by atoms with van der Waals surface area (Å²) in [5.41, 5.74) is 3.91. The zero-order valence-corrected chi connectivity index (χ0v) is 17.6. The van der Waals surface area contributed by atoms with Gasteiger partial charge in [0.05, 0.1) is 0 Å². The van der Waals surface area contributed by atoms with E-state index in [9.17, 15) is 9.59 Å². The second kappa shape index (κ2) is 7.76. The minimum atomic E-state index is -0.304. The highest BCUT2D eigenvalue weighted by Gasteiger charge is 2.16. The van der Waals surface area contributed by atoms with Crippen molar-refractivity contribution < 1.29 is 4.79 Å². The van der Waals surface area contributed by atoms with E-state index >= 15 is 0 Å². The maximum atomic E-state index is 12.7. The molecule has 0 aliphatic rings. The molecule has 1 N–H and O–H groups in total. The monoisotopic (exact) mass is 421 g/mol. The van der Waals surface area contributed by atoms with Crippen LogP contribution in [0.15, 0.2) is 53.3 Å². The molecule has 4 aromatic rings. The molecule has 0 spiro atoms. The van der Waals surface area contributed by atoms with Crippen molar-refractivity contribution in [3.63, 3.8) is 0 Å². The molecule has 0 atom stereocenters. The van der Waals surface area contributed by atoms with Gasteiger partial charge >= 0.3 is 0 Å². The molecular formula is C22H20ClN5O2. The van der Waals surface area contributed by atoms with Crippen molar-refractivity contribution in [2.75, 3.05) is 5.32 Å². The molecule has 0 radical (unpaired) electrons. The van der Waals surface area contributed by atoms with Crippen LogP contribution in [0.4, 0.5) is 5.69 Å². The Morgan fingerprint density at radius 3 is 2.50 bits per heavy atom. The van der Waals surface area contributed by atoms with Gasteiger partial charge in [0.25, 0.3) is 5.56 Å². The van der Waals surface area contributed by atoms with E-state index in [-0.39, 0.29) is 18.0 Å². The number of aromatic nitrogens is 4. The summed E-state index contributed by atoms with van der Waals surface area (Å²) >= 11 is 5.95. The Balaban J connectivity index is 1.70. The second-order valence-corrected chi connectivity index (χ2v) is 7.67. The van der Waals surface area contributed by atoms with Crippen molar-refractivity contribution in [2.45, 2.75) is 27.3 Å². The van der Waals surface area contributed by atoms with E-state index in [1.807, 2.05) is 32.0 Å². The highest BCUT2D eigenvalue weighted by molar-refractivity contribution is 6.30. The first-order chi connectivity index (χ1) is 14.3. The zero-order valence-electron chi connectivity index (χ0n) is 16.8. The average molecular weight is 422 g/mol. The third-order valence-corrected chi connectivity index (χ3v) is 5.11. The first kappa shape index (κ1) is 19.8. The van der Waals surface area contributed by atoms with Crippen LogP contribution < -0.4 is 10.9 Å². The number of carbonyl (C=O) groups excluding carboxylic acids is 1. The van der Waals surface area contributed by atoms with Crippen LogP contribution in [-0.4, -0.2) is 25.1 Å². The van der Waals surface area contributed by atoms with Gasteiger partial charge in [-0.3, -0.25) is 9.59 Å². The van der Waals surface area contributed by atoms with Gasteiger partial charge in [0.1, 0.15) is 6.54 Å². The van der Waals surface area contributed by atoms with Gasteiger partial charge in [-0.05, 0) is 56.7 Å². The molecule has 8 heteroatoms. The average Bonchev–Trinajstić information content (AvgIpc) is 3.14. The Hall–Kier alpha value is -3.45. The Labute approximate surface area is 178 Å². The summed E-state index contributed by atoms with van der Waals surface area (Å²) in [6.45, 7) is 5.72. The van der Waals surface area contributed by atoms with Gasteiger partial charge in [0.15, 0.2) is 5.82 Å². The van der Waals surface area contributed by atoms with E-state index in [0.717, 1.165) is 22.4 Å². The molecular weight excluding hydrogens is 402 g/mol. The quantitative estimate of drug-likeness (QED) is 0.543. The molecule has 152 valence electrons. The van der Waals surface area contributed by atoms with E-state index in [2.05, 4.69) is 15.4 Å². The van der Waals surface area contributed by atoms with Gasteiger partial charge in [0, 0.05) is 28.0 Å². The van der Waals surface area contributed by atoms with Gasteiger partial charge in [-0.2, -0.15) is 9.50 Å². The Morgan fingerprint density at radius 1 is 1.07 bits per heavy atom. The zero-order chi connectivity index (χ0) is 21.4. The lowest BCUT2D eigenvalue weighted by Crippen LogP contribution is -2.25. The first-order valence-electron chi connectivity index (χ1n) is 9.42. The maximum Gasteiger partial charge on any atom is 0.275 e. The highest BCUT2D eigenvalue weighted by Crippen LogP contribution is 2.19. The lowest BCUT2D eigenvalue weighted by atomic mass is 10.1. The van der Waals surface area contributed by atoms with Gasteiger partial charge in [-0.25, -0.2) is 0 Å². The molecule has 4 rings (SSSR count). The van der Waals surface area contributed by atoms with Crippen LogP contribution in [0.5, 0.6) is 0 Å². The molecule has 0 saturated carbocycles. The van der Waals surface area contributed by atoms with E-state index < -0.39 is 0 Å². The van der Waals surface area contributed by atoms with Gasteiger partial charge in [0.2, 0.25) is 11.7 Å². The molecule has 2 aromatic heterocycles. The van der Waals surface area contributed by atoms with Crippen LogP contribution in [0.2, 0.25) is 5.02 Å². The number of nitrogens with zero attached hydrogens (tertiary/aromatic N) is 4. The summed E-state index contributed by atoms with van der Waals surface area (Å²) < 4.78 is 2.88. The molecule has 0 unspecified atom stereocenters. The summed E-state index contributed by atoms with van der Waals surface area (Å²) in [6, 6.07) is 14.3. The summed E-state index contributed by atoms with van der Waals surface area (Å²) in [7, 11) is 0. The Kier molecular flexibility index (Phi) is 5.13. The normalized spacial score (nSPS) is 11.1. The van der Waals surface area contributed by atoms with Crippen molar-refractivity contribution in [3.05, 3.63) is 80.7 Å². The van der Waals surface area contributed by atoms with Crippen LogP contribution in [0.3, 0.4) is 0 Å². The van der Waals surface area contributed by atoms with E-state index in [1.165, 1.54) is 10.6 Å². The minimum absolute atomic E-state index is 0.00167. The third kappa shape index (κ3) is 3.84. The number of benzene rings is 2. The van der Waals surface area contributed by atoms with Gasteiger partial charge in [-0.1, -0.05) is 29.3 Å². The van der Waals surface area contributed by atoms with Crippen LogP contribution in [0.25, 0.3) is 17.2 Å². The fourth-order valence-electron chi connectivity index (χ4n) is 3.31. The molecule has 7 nitrogen and oxygen atoms in total. The van der Waals surface area contributed by atoms with Crippen LogP contribution in [0, 0.1) is 20.8 Å². The van der Waals surface area contributed by atoms with Crippen molar-refractivity contribution >= 4 is 29.0 Å². The van der Waals surface area contributed by atoms with Crippen LogP contribution in [-0.2, 0) is 11.3 Å². The molecule has 0 saturated heterocycles. The highest BCUT2D eigenvalue weighted by atomic mass is 35.5. The standard InChI is InChI=1S/C22H20ClN5O2/c1-13-4-9-18(14(2)10-13)24-19(29)12-27-15(3)11-20(30)28-22(27)25-21(26-28)16-5-7-17(23)8-6-16/h4-11H,12H2,1-3H3,(H,24,29). The SMILES string of the molecule is Cc1ccc(NC(=O)Cn2c(C)cc(=O)n3nc(-c4ccc(Cl)cc4)nc23)c(C)c1. The summed E-state index contributed by atoms with van der Waals surface area (Å²) in [4.78, 5) is 29.7. The fraction of sp³-hybridized carbons (Fsp3) is 0.182. The number of aryl methyl sites for hydroxylation is 3. The fourth-order valence-corrected chi connectivity index (χ4v) is 3.43. The van der Waals surface area contributed by atoms with Gasteiger partial charge in [-0.15, -0.1) is 5.10 Å². The Bertz CT molecular complexity index is 1320. The lowest BCUT2D eigenvalue weighted by molar-refractivity contribution is -0.116. The topological polar surface area (TPSA) is 81.3 Å². The number of carbonyl (C=O) groups is 1. The first-order valence-corrected chi connectivity index (χ1v) is 9.80. The number of halogens is 1. The molecule has 0 bridgehead atoms. The number of hydrogen-bond acceptors (Lipinski definition) is 4. The molecule has 30 heavy (non-hydrogen) atoms. The molecule has 2 heterocycles. The van der Waals surface area contributed by atoms with Crippen molar-refractivity contribution in [3.8, 4) is 11.4 Å². The maximum absolute atomic E-state index is 12.7. The lowest BCUT2D eigenvalue weighted by Gasteiger charge is -2.13. The number of anilines is 1. The molecule has 1 amide bonds. The van der Waals surface area contributed by atoms with Crippen molar-refractivity contribution in [1.29, 1.82) is 0 Å². The predicted molar refractivity (Wildman–Crippen MR) is 117 cm³/mol. The number of hydrogen-bond donors (Lipinski definition) is 1. The predicted octanol–water partition coefficient (Wildman–Crippen LogP) is 3.78. The van der Waals surface area contributed by atoms with Gasteiger partial charge < -0.3 is 9.88 Å². The van der Waals surface area contributed by atoms with Crippen LogP contribution >= 0.6 is 11.6 Å². The number of fused-ring (bicyclic) bond motifs is 1. The smallest absolute Gasteiger partial charge is 0.275 e. The van der Waals surface area contributed by atoms with E-state index in [4.69, 9.17) is 11.6 Å². The van der Waals surface area contributed by atoms with Crippen molar-refractivity contribution in [2.24, 2.45) is 0 Å². The van der Waals surface area contributed by atoms with Crippen molar-refractivity contribution in [1.82, 2.24) is 19.2 Å². The summed E-state index contributed by atoms with van der Waals surface area (Å²) in [5, 5.41) is 7.85.